The molecule has 4 aliphatic rings. The molecule has 6 atom stereocenters. The number of ether oxygens (including phenoxy) is 2. The topological polar surface area (TPSA) is 125 Å². The van der Waals surface area contributed by atoms with Gasteiger partial charge in [-0.2, -0.15) is 5.01 Å². The first kappa shape index (κ1) is 36.8. The second-order valence-corrected chi connectivity index (χ2v) is 16.8. The van der Waals surface area contributed by atoms with Gasteiger partial charge in [-0.25, -0.2) is 0 Å². The van der Waals surface area contributed by atoms with Crippen LogP contribution in [0.15, 0.2) is 95.0 Å². The number of aromatic hydroxyl groups is 1. The predicted octanol–water partition coefficient (Wildman–Crippen LogP) is 8.27. The molecule has 2 N–H and O–H groups in total. The van der Waals surface area contributed by atoms with Gasteiger partial charge in [0.15, 0.2) is 11.5 Å². The van der Waals surface area contributed by atoms with Gasteiger partial charge in [0.1, 0.15) is 5.75 Å². The molecular weight excluding hydrogens is 912 g/mol. The number of nitrogens with one attached hydrogen (secondary N) is 1. The van der Waals surface area contributed by atoms with Crippen LogP contribution in [0.2, 0.25) is 10.0 Å². The fraction of sp³-hybridized carbons (Fsp3) is 0.250. The van der Waals surface area contributed by atoms with Crippen LogP contribution in [0, 0.1) is 27.2 Å². The second kappa shape index (κ2) is 13.9. The van der Waals surface area contributed by atoms with Crippen molar-refractivity contribution in [2.75, 3.05) is 24.5 Å². The number of amides is 4. The summed E-state index contributed by atoms with van der Waals surface area (Å²) in [6, 6.07) is 22.1. The van der Waals surface area contributed by atoms with Crippen molar-refractivity contribution in [1.82, 2.24) is 5.01 Å². The highest BCUT2D eigenvalue weighted by Crippen LogP contribution is 2.65. The lowest BCUT2D eigenvalue weighted by Crippen LogP contribution is -2.53. The third-order valence-electron chi connectivity index (χ3n) is 11.3. The van der Waals surface area contributed by atoms with Crippen molar-refractivity contribution >= 4 is 96.7 Å². The van der Waals surface area contributed by atoms with E-state index in [1.165, 1.54) is 25.2 Å². The van der Waals surface area contributed by atoms with Gasteiger partial charge in [0.05, 0.1) is 53.8 Å². The van der Waals surface area contributed by atoms with Gasteiger partial charge in [-0.1, -0.05) is 62.9 Å². The van der Waals surface area contributed by atoms with Crippen molar-refractivity contribution in [3.63, 3.8) is 0 Å². The van der Waals surface area contributed by atoms with Crippen molar-refractivity contribution in [3.05, 3.63) is 120 Å². The number of allylic oxidation sites excluding steroid dienone is 2. The second-order valence-electron chi connectivity index (χ2n) is 13.7. The van der Waals surface area contributed by atoms with Crippen LogP contribution in [0.3, 0.4) is 0 Å². The number of benzene rings is 4. The smallest absolute Gasteiger partial charge is 0.260 e. The minimum absolute atomic E-state index is 0.0675. The molecule has 6 unspecified atom stereocenters. The van der Waals surface area contributed by atoms with E-state index in [0.717, 1.165) is 8.58 Å². The lowest BCUT2D eigenvalue weighted by atomic mass is 9.49. The molecule has 0 spiro atoms. The first-order valence-electron chi connectivity index (χ1n) is 17.0. The zero-order valence-corrected chi connectivity index (χ0v) is 33.9. The number of phenols is 1. The molecule has 8 rings (SSSR count). The van der Waals surface area contributed by atoms with Crippen molar-refractivity contribution in [3.8, 4) is 17.2 Å². The standard InChI is InChI=1S/C40H31BrCl2IN3O7/c1-53-24-10-3-19(4-11-24)40-29(37(50)47(39(40)52)45-31-14-5-21(42)17-30(31)43)18-27-25(34(40)28-15-20(41)16-32(54-2)35(28)48)12-13-26-33(27)38(51)46(36(26)49)23-8-6-22(44)7-9-23/h3-12,14-17,26-27,29,33-34,45,48H,13,18H2,1-2H3. The number of hydrogen-bond acceptors (Lipinski definition) is 8. The van der Waals surface area contributed by atoms with Crippen LogP contribution in [-0.4, -0.2) is 48.0 Å². The van der Waals surface area contributed by atoms with E-state index >= 15 is 4.79 Å². The summed E-state index contributed by atoms with van der Waals surface area (Å²) in [5.74, 6) is -5.57. The number of imide groups is 2. The molecule has 276 valence electrons. The normalized spacial score (nSPS) is 26.0. The summed E-state index contributed by atoms with van der Waals surface area (Å²) in [6.07, 6.45) is 2.22. The maximum Gasteiger partial charge on any atom is 0.260 e. The summed E-state index contributed by atoms with van der Waals surface area (Å²) in [5, 5.41) is 13.5. The molecule has 14 heteroatoms. The van der Waals surface area contributed by atoms with E-state index in [-0.39, 0.29) is 46.9 Å². The SMILES string of the molecule is COc1ccc(C23C(=O)N(Nc4ccc(Cl)cc4Cl)C(=O)C2CC2C(=CCC4C(=O)N(c5ccc(I)cc5)C(=O)C42)C3c2cc(Br)cc(OC)c2O)cc1. The van der Waals surface area contributed by atoms with Crippen LogP contribution in [0.25, 0.3) is 0 Å². The number of phenolic OH excluding ortho intramolecular Hbond substituents is 1. The predicted molar refractivity (Wildman–Crippen MR) is 215 cm³/mol. The first-order valence-corrected chi connectivity index (χ1v) is 19.7. The van der Waals surface area contributed by atoms with Crippen LogP contribution in [-0.2, 0) is 24.6 Å². The Morgan fingerprint density at radius 1 is 0.889 bits per heavy atom. The zero-order chi connectivity index (χ0) is 38.2. The van der Waals surface area contributed by atoms with Crippen molar-refractivity contribution in [2.45, 2.75) is 24.2 Å². The van der Waals surface area contributed by atoms with E-state index in [9.17, 15) is 19.5 Å². The number of carbonyl (C=O) groups is 4. The van der Waals surface area contributed by atoms with E-state index in [1.807, 2.05) is 18.2 Å². The molecule has 4 aromatic rings. The Bertz CT molecular complexity index is 2290. The van der Waals surface area contributed by atoms with E-state index in [2.05, 4.69) is 43.9 Å². The maximum absolute atomic E-state index is 15.5. The van der Waals surface area contributed by atoms with Crippen LogP contribution in [0.5, 0.6) is 17.2 Å². The largest absolute Gasteiger partial charge is 0.504 e. The minimum atomic E-state index is -1.66. The zero-order valence-electron chi connectivity index (χ0n) is 28.7. The Labute approximate surface area is 342 Å². The van der Waals surface area contributed by atoms with Gasteiger partial charge >= 0.3 is 0 Å². The summed E-state index contributed by atoms with van der Waals surface area (Å²) in [4.78, 5) is 60.4. The Kier molecular flexibility index (Phi) is 9.47. The Morgan fingerprint density at radius 2 is 1.61 bits per heavy atom. The van der Waals surface area contributed by atoms with Crippen LogP contribution < -0.4 is 19.8 Å². The quantitative estimate of drug-likeness (QED) is 0.108. The lowest BCUT2D eigenvalue weighted by molar-refractivity contribution is -0.138. The fourth-order valence-electron chi connectivity index (χ4n) is 9.00. The molecule has 10 nitrogen and oxygen atoms in total. The number of nitrogens with zero attached hydrogens (tertiary/aromatic N) is 2. The number of rotatable bonds is 7. The van der Waals surface area contributed by atoms with Gasteiger partial charge in [0.25, 0.3) is 11.8 Å². The molecule has 0 aromatic heterocycles. The number of carbonyl (C=O) groups excluding carboxylic acids is 4. The first-order chi connectivity index (χ1) is 25.9. The number of hydrogen-bond donors (Lipinski definition) is 2. The molecule has 0 radical (unpaired) electrons. The van der Waals surface area contributed by atoms with E-state index in [0.29, 0.717) is 37.6 Å². The van der Waals surface area contributed by atoms with Crippen LogP contribution in [0.1, 0.15) is 29.9 Å². The van der Waals surface area contributed by atoms with Gasteiger partial charge in [-0.05, 0) is 114 Å². The highest BCUT2D eigenvalue weighted by molar-refractivity contribution is 14.1. The molecule has 2 saturated heterocycles. The molecule has 2 aliphatic carbocycles. The molecular formula is C40H31BrCl2IN3O7. The Morgan fingerprint density at radius 3 is 2.28 bits per heavy atom. The molecule has 0 bridgehead atoms. The minimum Gasteiger partial charge on any atom is -0.504 e. The van der Waals surface area contributed by atoms with Crippen molar-refractivity contribution in [1.29, 1.82) is 0 Å². The van der Waals surface area contributed by atoms with Crippen LogP contribution in [0.4, 0.5) is 11.4 Å². The number of hydrazine groups is 1. The number of halogens is 4. The average molecular weight is 943 g/mol. The number of anilines is 2. The highest BCUT2D eigenvalue weighted by Gasteiger charge is 2.71. The summed E-state index contributed by atoms with van der Waals surface area (Å²) < 4.78 is 12.6. The maximum atomic E-state index is 15.5. The molecule has 2 heterocycles. The van der Waals surface area contributed by atoms with E-state index < -0.39 is 46.8 Å². The number of fused-ring (bicyclic) bond motifs is 4. The molecule has 2 aliphatic heterocycles. The third kappa shape index (κ3) is 5.54. The summed E-state index contributed by atoms with van der Waals surface area (Å²) in [5.41, 5.74) is 3.56. The van der Waals surface area contributed by atoms with Gasteiger partial charge in [-0.15, -0.1) is 0 Å². The molecule has 4 aromatic carbocycles. The summed E-state index contributed by atoms with van der Waals surface area (Å²) in [6.45, 7) is 0. The van der Waals surface area contributed by atoms with Crippen molar-refractivity contribution in [2.24, 2.45) is 23.7 Å². The van der Waals surface area contributed by atoms with Gasteiger partial charge in [0.2, 0.25) is 11.8 Å². The summed E-state index contributed by atoms with van der Waals surface area (Å²) >= 11 is 18.5. The monoisotopic (exact) mass is 941 g/mol. The Hall–Kier alpha value is -4.11. The lowest BCUT2D eigenvalue weighted by Gasteiger charge is -2.50. The van der Waals surface area contributed by atoms with Gasteiger partial charge in [0, 0.05) is 24.5 Å². The molecule has 54 heavy (non-hydrogen) atoms. The van der Waals surface area contributed by atoms with Crippen LogP contribution >= 0.6 is 61.7 Å². The molecule has 3 fully saturated rings. The fourth-order valence-corrected chi connectivity index (χ4v) is 10.3. The third-order valence-corrected chi connectivity index (χ3v) is 13.0. The molecule has 1 saturated carbocycles. The van der Waals surface area contributed by atoms with E-state index in [1.54, 1.807) is 60.7 Å². The van der Waals surface area contributed by atoms with Crippen molar-refractivity contribution < 1.29 is 33.8 Å². The highest BCUT2D eigenvalue weighted by atomic mass is 127. The van der Waals surface area contributed by atoms with E-state index in [4.69, 9.17) is 32.7 Å². The van der Waals surface area contributed by atoms with Gasteiger partial charge in [-0.3, -0.25) is 29.5 Å². The number of methoxy groups -OCH3 is 2. The Balaban J connectivity index is 1.36. The average Bonchev–Trinajstić information content (AvgIpc) is 3.54. The summed E-state index contributed by atoms with van der Waals surface area (Å²) in [7, 11) is 2.96. The van der Waals surface area contributed by atoms with Gasteiger partial charge < -0.3 is 14.6 Å². The molecule has 4 amide bonds.